The highest BCUT2D eigenvalue weighted by Gasteiger charge is 2.11. The molecular weight excluding hydrogens is 374 g/mol. The van der Waals surface area contributed by atoms with E-state index in [1.54, 1.807) is 24.3 Å². The number of carbonyl (C=O) groups excluding carboxylic acids is 2. The first-order chi connectivity index (χ1) is 11.5. The summed E-state index contributed by atoms with van der Waals surface area (Å²) in [5.74, 6) is -0.0154. The number of ketones is 1. The lowest BCUT2D eigenvalue weighted by Crippen LogP contribution is -2.20. The molecule has 6 heteroatoms. The number of halogens is 1. The van der Waals surface area contributed by atoms with Gasteiger partial charge in [-0.15, -0.1) is 0 Å². The minimum Gasteiger partial charge on any atom is -0.496 e. The van der Waals surface area contributed by atoms with Crippen LogP contribution in [0.4, 0.5) is 0 Å². The van der Waals surface area contributed by atoms with E-state index in [2.05, 4.69) is 15.9 Å². The second-order valence-electron chi connectivity index (χ2n) is 4.87. The summed E-state index contributed by atoms with van der Waals surface area (Å²) in [6.45, 7) is -0.237. The fourth-order valence-electron chi connectivity index (χ4n) is 1.99. The van der Waals surface area contributed by atoms with Crippen LogP contribution in [0.25, 0.3) is 6.08 Å². The number of amides is 1. The number of ether oxygens (including phenoxy) is 2. The lowest BCUT2D eigenvalue weighted by molar-refractivity contribution is -0.119. The average molecular weight is 390 g/mol. The molecule has 0 atom stereocenters. The zero-order valence-electron chi connectivity index (χ0n) is 13.0. The molecule has 0 aliphatic carbocycles. The summed E-state index contributed by atoms with van der Waals surface area (Å²) in [6, 6.07) is 12.3. The molecule has 0 aliphatic heterocycles. The number of nitrogens with two attached hydrogens (primary N) is 1. The first-order valence-electron chi connectivity index (χ1n) is 7.06. The van der Waals surface area contributed by atoms with Crippen molar-refractivity contribution in [2.75, 3.05) is 13.7 Å². The normalized spacial score (nSPS) is 10.6. The van der Waals surface area contributed by atoms with E-state index in [4.69, 9.17) is 15.2 Å². The summed E-state index contributed by atoms with van der Waals surface area (Å²) >= 11 is 3.38. The van der Waals surface area contributed by atoms with Crippen LogP contribution in [0.2, 0.25) is 0 Å². The molecule has 1 amide bonds. The van der Waals surface area contributed by atoms with E-state index in [0.29, 0.717) is 17.1 Å². The van der Waals surface area contributed by atoms with Gasteiger partial charge in [-0.1, -0.05) is 34.1 Å². The Labute approximate surface area is 148 Å². The van der Waals surface area contributed by atoms with Crippen molar-refractivity contribution < 1.29 is 19.1 Å². The van der Waals surface area contributed by atoms with Crippen LogP contribution < -0.4 is 15.2 Å². The van der Waals surface area contributed by atoms with Crippen LogP contribution in [-0.2, 0) is 4.79 Å². The number of hydrogen-bond donors (Lipinski definition) is 1. The molecule has 0 aliphatic rings. The molecule has 2 aromatic rings. The fourth-order valence-corrected chi connectivity index (χ4v) is 2.41. The molecule has 0 saturated carbocycles. The largest absolute Gasteiger partial charge is 0.496 e. The third-order valence-corrected chi connectivity index (χ3v) is 3.59. The minimum atomic E-state index is -0.578. The smallest absolute Gasteiger partial charge is 0.255 e. The van der Waals surface area contributed by atoms with Gasteiger partial charge in [-0.25, -0.2) is 0 Å². The maximum Gasteiger partial charge on any atom is 0.255 e. The molecule has 0 spiro atoms. The van der Waals surface area contributed by atoms with E-state index in [9.17, 15) is 9.59 Å². The van der Waals surface area contributed by atoms with Gasteiger partial charge in [-0.3, -0.25) is 9.59 Å². The van der Waals surface area contributed by atoms with Crippen LogP contribution in [0.1, 0.15) is 15.9 Å². The first kappa shape index (κ1) is 17.7. The Morgan fingerprint density at radius 3 is 2.67 bits per heavy atom. The van der Waals surface area contributed by atoms with Crippen molar-refractivity contribution in [1.82, 2.24) is 0 Å². The maximum absolute atomic E-state index is 12.4. The standard InChI is InChI=1S/C18H16BrNO4/c1-23-17-10-14(24-11-18(20)22)6-7-15(17)16(21)8-5-12-3-2-4-13(19)9-12/h2-10H,11H2,1H3,(H2,20,22)/b8-5+. The zero-order chi connectivity index (χ0) is 17.5. The second-order valence-corrected chi connectivity index (χ2v) is 5.79. The Morgan fingerprint density at radius 2 is 2.00 bits per heavy atom. The van der Waals surface area contributed by atoms with Crippen molar-refractivity contribution in [2.24, 2.45) is 5.73 Å². The van der Waals surface area contributed by atoms with Gasteiger partial charge < -0.3 is 15.2 Å². The second kappa shape index (κ2) is 8.31. The summed E-state index contributed by atoms with van der Waals surface area (Å²) in [6.07, 6.45) is 3.20. The molecule has 5 nitrogen and oxygen atoms in total. The lowest BCUT2D eigenvalue weighted by Gasteiger charge is -2.09. The number of benzene rings is 2. The molecule has 2 N–H and O–H groups in total. The molecule has 0 saturated heterocycles. The van der Waals surface area contributed by atoms with Gasteiger partial charge in [-0.05, 0) is 35.9 Å². The molecule has 0 fully saturated rings. The van der Waals surface area contributed by atoms with Crippen LogP contribution in [0.3, 0.4) is 0 Å². The third kappa shape index (κ3) is 4.96. The quantitative estimate of drug-likeness (QED) is 0.582. The summed E-state index contributed by atoms with van der Waals surface area (Å²) in [7, 11) is 1.46. The summed E-state index contributed by atoms with van der Waals surface area (Å²) in [4.78, 5) is 23.1. The highest BCUT2D eigenvalue weighted by Crippen LogP contribution is 2.25. The third-order valence-electron chi connectivity index (χ3n) is 3.10. The van der Waals surface area contributed by atoms with Crippen molar-refractivity contribution >= 4 is 33.7 Å². The molecule has 2 rings (SSSR count). The number of hydrogen-bond acceptors (Lipinski definition) is 4. The maximum atomic E-state index is 12.4. The zero-order valence-corrected chi connectivity index (χ0v) is 14.6. The van der Waals surface area contributed by atoms with E-state index < -0.39 is 5.91 Å². The van der Waals surface area contributed by atoms with Gasteiger partial charge in [0, 0.05) is 10.5 Å². The van der Waals surface area contributed by atoms with E-state index in [1.165, 1.54) is 13.2 Å². The number of primary amides is 1. The molecular formula is C18H16BrNO4. The van der Waals surface area contributed by atoms with Gasteiger partial charge in [0.2, 0.25) is 0 Å². The molecule has 0 unspecified atom stereocenters. The Morgan fingerprint density at radius 1 is 1.21 bits per heavy atom. The van der Waals surface area contributed by atoms with E-state index >= 15 is 0 Å². The number of carbonyl (C=O) groups is 2. The van der Waals surface area contributed by atoms with Crippen LogP contribution in [0, 0.1) is 0 Å². The Bertz CT molecular complexity index is 786. The summed E-state index contributed by atoms with van der Waals surface area (Å²) < 4.78 is 11.4. The van der Waals surface area contributed by atoms with Crippen molar-refractivity contribution in [3.8, 4) is 11.5 Å². The van der Waals surface area contributed by atoms with Gasteiger partial charge in [0.25, 0.3) is 5.91 Å². The predicted molar refractivity (Wildman–Crippen MR) is 95.2 cm³/mol. The number of allylic oxidation sites excluding steroid dienone is 1. The first-order valence-corrected chi connectivity index (χ1v) is 7.86. The van der Waals surface area contributed by atoms with Crippen LogP contribution in [0.15, 0.2) is 53.0 Å². The topological polar surface area (TPSA) is 78.6 Å². The van der Waals surface area contributed by atoms with Crippen molar-refractivity contribution in [1.29, 1.82) is 0 Å². The Hall–Kier alpha value is -2.60. The summed E-state index contributed by atoms with van der Waals surface area (Å²) in [5, 5.41) is 0. The van der Waals surface area contributed by atoms with E-state index in [-0.39, 0.29) is 12.4 Å². The molecule has 2 aromatic carbocycles. The highest BCUT2D eigenvalue weighted by atomic mass is 79.9. The lowest BCUT2D eigenvalue weighted by atomic mass is 10.1. The van der Waals surface area contributed by atoms with Crippen molar-refractivity contribution in [2.45, 2.75) is 0 Å². The highest BCUT2D eigenvalue weighted by molar-refractivity contribution is 9.10. The fraction of sp³-hybridized carbons (Fsp3) is 0.111. The predicted octanol–water partition coefficient (Wildman–Crippen LogP) is 3.22. The van der Waals surface area contributed by atoms with E-state index in [0.717, 1.165) is 10.0 Å². The van der Waals surface area contributed by atoms with Crippen molar-refractivity contribution in [3.63, 3.8) is 0 Å². The molecule has 124 valence electrons. The summed E-state index contributed by atoms with van der Waals surface area (Å²) in [5.41, 5.74) is 6.33. The molecule has 24 heavy (non-hydrogen) atoms. The van der Waals surface area contributed by atoms with Crippen LogP contribution >= 0.6 is 15.9 Å². The Balaban J connectivity index is 2.17. The van der Waals surface area contributed by atoms with Crippen molar-refractivity contribution in [3.05, 3.63) is 64.1 Å². The molecule has 0 radical (unpaired) electrons. The van der Waals surface area contributed by atoms with Gasteiger partial charge in [0.1, 0.15) is 11.5 Å². The number of methoxy groups -OCH3 is 1. The number of rotatable bonds is 7. The van der Waals surface area contributed by atoms with Gasteiger partial charge in [0.05, 0.1) is 12.7 Å². The molecule has 0 aromatic heterocycles. The monoisotopic (exact) mass is 389 g/mol. The average Bonchev–Trinajstić information content (AvgIpc) is 2.57. The SMILES string of the molecule is COc1cc(OCC(N)=O)ccc1C(=O)/C=C/c1cccc(Br)c1. The van der Waals surface area contributed by atoms with Crippen LogP contribution in [-0.4, -0.2) is 25.4 Å². The van der Waals surface area contributed by atoms with Crippen LogP contribution in [0.5, 0.6) is 11.5 Å². The minimum absolute atomic E-state index is 0.201. The van der Waals surface area contributed by atoms with E-state index in [1.807, 2.05) is 24.3 Å². The molecule has 0 heterocycles. The van der Waals surface area contributed by atoms with Gasteiger partial charge in [0.15, 0.2) is 12.4 Å². The molecule has 0 bridgehead atoms. The van der Waals surface area contributed by atoms with Gasteiger partial charge in [-0.2, -0.15) is 0 Å². The van der Waals surface area contributed by atoms with Gasteiger partial charge >= 0.3 is 0 Å². The Kier molecular flexibility index (Phi) is 6.14.